The summed E-state index contributed by atoms with van der Waals surface area (Å²) in [7, 11) is 1.37. The number of ether oxygens (including phenoxy) is 3. The van der Waals surface area contributed by atoms with E-state index in [4.69, 9.17) is 25.8 Å². The van der Waals surface area contributed by atoms with Crippen LogP contribution in [0.3, 0.4) is 0 Å². The van der Waals surface area contributed by atoms with Gasteiger partial charge in [-0.2, -0.15) is 4.98 Å². The Balaban J connectivity index is 1.74. The number of hydrogen-bond donors (Lipinski definition) is 1. The molecule has 0 spiro atoms. The number of fused-ring (bicyclic) bond motifs is 1. The molecule has 1 aliphatic heterocycles. The molecule has 0 amide bonds. The second-order valence-corrected chi connectivity index (χ2v) is 9.31. The van der Waals surface area contributed by atoms with Gasteiger partial charge in [0.05, 0.1) is 19.3 Å². The Morgan fingerprint density at radius 1 is 1.17 bits per heavy atom. The fraction of sp³-hybridized carbons (Fsp3) is 0.320. The SMILES string of the molecule is CCOc1cc(C2C(C(=O)OC)=C(C)Nc3nc(SCC)nn32)ccc1OCc1ccccc1Cl. The van der Waals surface area contributed by atoms with Crippen molar-refractivity contribution in [1.29, 1.82) is 0 Å². The molecule has 1 N–H and O–H groups in total. The van der Waals surface area contributed by atoms with Crippen LogP contribution in [-0.4, -0.2) is 40.2 Å². The summed E-state index contributed by atoms with van der Waals surface area (Å²) in [6.45, 7) is 6.51. The normalized spacial score (nSPS) is 14.8. The molecule has 0 saturated carbocycles. The number of carbonyl (C=O) groups is 1. The van der Waals surface area contributed by atoms with Crippen LogP contribution >= 0.6 is 23.4 Å². The van der Waals surface area contributed by atoms with Crippen molar-refractivity contribution in [2.24, 2.45) is 0 Å². The topological polar surface area (TPSA) is 87.5 Å². The highest BCUT2D eigenvalue weighted by atomic mass is 35.5. The lowest BCUT2D eigenvalue weighted by molar-refractivity contribution is -0.136. The van der Waals surface area contributed by atoms with Crippen LogP contribution in [0, 0.1) is 0 Å². The fourth-order valence-electron chi connectivity index (χ4n) is 3.86. The van der Waals surface area contributed by atoms with Crippen LogP contribution in [-0.2, 0) is 16.1 Å². The summed E-state index contributed by atoms with van der Waals surface area (Å²) < 4.78 is 18.8. The molecule has 0 saturated heterocycles. The summed E-state index contributed by atoms with van der Waals surface area (Å²) in [5, 5.41) is 9.11. The third-order valence-electron chi connectivity index (χ3n) is 5.44. The Bertz CT molecular complexity index is 1260. The number of allylic oxidation sites excluding steroid dienone is 1. The molecular formula is C25H27ClN4O4S. The number of methoxy groups -OCH3 is 1. The standard InChI is InChI=1S/C25H27ClN4O4S/c1-5-33-20-13-16(11-12-19(20)34-14-17-9-7-8-10-18(17)26)22-21(23(31)32-4)15(3)27-24-28-25(35-6-2)29-30(22)24/h7-13,22H,5-6,14H2,1-4H3,(H,27,28,29). The van der Waals surface area contributed by atoms with Gasteiger partial charge in [-0.15, -0.1) is 5.10 Å². The first-order valence-corrected chi connectivity index (χ1v) is 12.6. The second-order valence-electron chi connectivity index (χ2n) is 7.67. The summed E-state index contributed by atoms with van der Waals surface area (Å²) in [5.41, 5.74) is 2.77. The van der Waals surface area contributed by atoms with Gasteiger partial charge in [0.15, 0.2) is 11.5 Å². The maximum absolute atomic E-state index is 12.8. The zero-order chi connectivity index (χ0) is 24.9. The Morgan fingerprint density at radius 2 is 1.97 bits per heavy atom. The van der Waals surface area contributed by atoms with Crippen LogP contribution < -0.4 is 14.8 Å². The van der Waals surface area contributed by atoms with Crippen molar-refractivity contribution in [3.8, 4) is 11.5 Å². The van der Waals surface area contributed by atoms with E-state index in [0.717, 1.165) is 16.9 Å². The van der Waals surface area contributed by atoms with Gasteiger partial charge in [-0.3, -0.25) is 0 Å². The van der Waals surface area contributed by atoms with Crippen LogP contribution in [0.4, 0.5) is 5.95 Å². The molecule has 10 heteroatoms. The van der Waals surface area contributed by atoms with Crippen LogP contribution in [0.25, 0.3) is 0 Å². The van der Waals surface area contributed by atoms with Gasteiger partial charge in [0.2, 0.25) is 11.1 Å². The predicted octanol–water partition coefficient (Wildman–Crippen LogP) is 5.48. The number of nitrogens with zero attached hydrogens (tertiary/aromatic N) is 3. The number of aromatic nitrogens is 3. The molecule has 184 valence electrons. The lowest BCUT2D eigenvalue weighted by atomic mass is 9.95. The minimum atomic E-state index is -0.547. The summed E-state index contributed by atoms with van der Waals surface area (Å²) >= 11 is 7.81. The first-order valence-electron chi connectivity index (χ1n) is 11.2. The lowest BCUT2D eigenvalue weighted by Crippen LogP contribution is -2.29. The van der Waals surface area contributed by atoms with E-state index in [9.17, 15) is 4.79 Å². The number of carbonyl (C=O) groups excluding carboxylic acids is 1. The highest BCUT2D eigenvalue weighted by molar-refractivity contribution is 7.99. The fourth-order valence-corrected chi connectivity index (χ4v) is 4.60. The average Bonchev–Trinajstić information content (AvgIpc) is 3.25. The van der Waals surface area contributed by atoms with Crippen LogP contribution in [0.2, 0.25) is 5.02 Å². The molecule has 0 bridgehead atoms. The van der Waals surface area contributed by atoms with E-state index in [1.165, 1.54) is 18.9 Å². The zero-order valence-electron chi connectivity index (χ0n) is 20.0. The van der Waals surface area contributed by atoms with Gasteiger partial charge < -0.3 is 19.5 Å². The maximum Gasteiger partial charge on any atom is 0.338 e. The summed E-state index contributed by atoms with van der Waals surface area (Å²) in [6.07, 6.45) is 0. The van der Waals surface area contributed by atoms with Gasteiger partial charge in [0.1, 0.15) is 12.6 Å². The van der Waals surface area contributed by atoms with Gasteiger partial charge in [0.25, 0.3) is 0 Å². The van der Waals surface area contributed by atoms with Crippen LogP contribution in [0.5, 0.6) is 11.5 Å². The molecule has 8 nitrogen and oxygen atoms in total. The number of hydrogen-bond acceptors (Lipinski definition) is 8. The monoisotopic (exact) mass is 514 g/mol. The Kier molecular flexibility index (Phi) is 7.87. The van der Waals surface area contributed by atoms with Gasteiger partial charge in [-0.1, -0.05) is 54.6 Å². The van der Waals surface area contributed by atoms with E-state index in [0.29, 0.717) is 52.1 Å². The number of halogens is 1. The third kappa shape index (κ3) is 5.26. The van der Waals surface area contributed by atoms with E-state index in [1.807, 2.05) is 63.2 Å². The molecule has 4 rings (SSSR count). The van der Waals surface area contributed by atoms with Crippen molar-refractivity contribution in [3.63, 3.8) is 0 Å². The van der Waals surface area contributed by atoms with E-state index < -0.39 is 12.0 Å². The van der Waals surface area contributed by atoms with E-state index >= 15 is 0 Å². The molecule has 2 aromatic carbocycles. The number of esters is 1. The van der Waals surface area contributed by atoms with Crippen molar-refractivity contribution in [2.75, 3.05) is 24.8 Å². The molecule has 35 heavy (non-hydrogen) atoms. The molecule has 0 aliphatic carbocycles. The third-order valence-corrected chi connectivity index (χ3v) is 6.52. The highest BCUT2D eigenvalue weighted by Gasteiger charge is 2.35. The smallest absolute Gasteiger partial charge is 0.338 e. The maximum atomic E-state index is 12.8. The minimum Gasteiger partial charge on any atom is -0.490 e. The lowest BCUT2D eigenvalue weighted by Gasteiger charge is -2.28. The molecule has 0 fully saturated rings. The Labute approximate surface area is 213 Å². The second kappa shape index (κ2) is 11.0. The average molecular weight is 515 g/mol. The quantitative estimate of drug-likeness (QED) is 0.296. The number of rotatable bonds is 9. The van der Waals surface area contributed by atoms with Gasteiger partial charge >= 0.3 is 5.97 Å². The number of benzene rings is 2. The number of nitrogens with one attached hydrogen (secondary N) is 1. The van der Waals surface area contributed by atoms with Gasteiger partial charge in [-0.05, 0) is 43.4 Å². The van der Waals surface area contributed by atoms with Crippen molar-refractivity contribution < 1.29 is 19.0 Å². The molecule has 1 aliphatic rings. The van der Waals surface area contributed by atoms with Crippen molar-refractivity contribution >= 4 is 35.3 Å². The Morgan fingerprint density at radius 3 is 2.69 bits per heavy atom. The van der Waals surface area contributed by atoms with E-state index in [-0.39, 0.29) is 0 Å². The summed E-state index contributed by atoms with van der Waals surface area (Å²) in [5.74, 6) is 2.08. The van der Waals surface area contributed by atoms with E-state index in [1.54, 1.807) is 4.68 Å². The molecule has 1 aromatic heterocycles. The van der Waals surface area contributed by atoms with Gasteiger partial charge in [0, 0.05) is 16.3 Å². The van der Waals surface area contributed by atoms with E-state index in [2.05, 4.69) is 15.4 Å². The summed E-state index contributed by atoms with van der Waals surface area (Å²) in [6, 6.07) is 12.6. The van der Waals surface area contributed by atoms with Gasteiger partial charge in [-0.25, -0.2) is 9.48 Å². The molecular weight excluding hydrogens is 488 g/mol. The highest BCUT2D eigenvalue weighted by Crippen LogP contribution is 2.40. The first kappa shape index (κ1) is 24.9. The van der Waals surface area contributed by atoms with Crippen molar-refractivity contribution in [1.82, 2.24) is 14.8 Å². The van der Waals surface area contributed by atoms with Crippen LogP contribution in [0.1, 0.15) is 37.9 Å². The molecule has 2 heterocycles. The molecule has 1 atom stereocenters. The largest absolute Gasteiger partial charge is 0.490 e. The molecule has 0 radical (unpaired) electrons. The summed E-state index contributed by atoms with van der Waals surface area (Å²) in [4.78, 5) is 17.4. The molecule has 1 unspecified atom stereocenters. The Hall–Kier alpha value is -3.17. The first-order chi connectivity index (χ1) is 17.0. The predicted molar refractivity (Wildman–Crippen MR) is 136 cm³/mol. The molecule has 3 aromatic rings. The van der Waals surface area contributed by atoms with Crippen molar-refractivity contribution in [3.05, 3.63) is 69.9 Å². The number of thioether (sulfide) groups is 1. The number of anilines is 1. The zero-order valence-corrected chi connectivity index (χ0v) is 21.6. The van der Waals surface area contributed by atoms with Crippen LogP contribution in [0.15, 0.2) is 58.9 Å². The van der Waals surface area contributed by atoms with Crippen molar-refractivity contribution in [2.45, 2.75) is 38.6 Å². The minimum absolute atomic E-state index is 0.295.